The van der Waals surface area contributed by atoms with Crippen LogP contribution in [0.4, 0.5) is 0 Å². The summed E-state index contributed by atoms with van der Waals surface area (Å²) < 4.78 is 68.3. The number of aliphatic hydroxyl groups is 1. The van der Waals surface area contributed by atoms with Gasteiger partial charge in [-0.15, -0.1) is 0 Å². The molecule has 0 aromatic heterocycles. The SMILES string of the molecule is CCCCCCCCCCCCCCCCCCCCCC(=O)O[C@H](COC(=O)CCCCCCCCCCC(C)CC)COP(=O)(O)OC[C@@H](O)COP(=O)(O)OC[C@@H](COC(=O)CCCCCCCCCCC)OC(=O)CCCCCCCCCCCCC. The Labute approximate surface area is 556 Å². The predicted octanol–water partition coefficient (Wildman–Crippen LogP) is 20.9. The van der Waals surface area contributed by atoms with Gasteiger partial charge < -0.3 is 33.8 Å². The molecule has 0 heterocycles. The van der Waals surface area contributed by atoms with Crippen molar-refractivity contribution in [1.82, 2.24) is 0 Å². The number of aliphatic hydroxyl groups excluding tert-OH is 1. The summed E-state index contributed by atoms with van der Waals surface area (Å²) in [6.07, 6.45) is 52.7. The van der Waals surface area contributed by atoms with Crippen molar-refractivity contribution in [2.45, 2.75) is 393 Å². The summed E-state index contributed by atoms with van der Waals surface area (Å²) in [5.74, 6) is -1.34. The zero-order valence-electron chi connectivity index (χ0n) is 59.0. The fourth-order valence-electron chi connectivity index (χ4n) is 11.0. The maximum atomic E-state index is 13.0. The van der Waals surface area contributed by atoms with Crippen LogP contribution in [-0.4, -0.2) is 96.7 Å². The van der Waals surface area contributed by atoms with E-state index >= 15 is 0 Å². The van der Waals surface area contributed by atoms with Gasteiger partial charge >= 0.3 is 39.5 Å². The first-order chi connectivity index (χ1) is 44.1. The number of hydrogen-bond donors (Lipinski definition) is 3. The second-order valence-electron chi connectivity index (χ2n) is 26.2. The van der Waals surface area contributed by atoms with E-state index in [-0.39, 0.29) is 25.7 Å². The monoisotopic (exact) mass is 1340 g/mol. The highest BCUT2D eigenvalue weighted by Gasteiger charge is 2.30. The maximum Gasteiger partial charge on any atom is 0.472 e. The van der Waals surface area contributed by atoms with Crippen LogP contribution in [0.1, 0.15) is 375 Å². The molecule has 0 spiro atoms. The van der Waals surface area contributed by atoms with Crippen LogP contribution < -0.4 is 0 Å². The Bertz CT molecular complexity index is 1760. The van der Waals surface area contributed by atoms with Gasteiger partial charge in [-0.3, -0.25) is 37.3 Å². The van der Waals surface area contributed by atoms with Crippen molar-refractivity contribution in [2.75, 3.05) is 39.6 Å². The smallest absolute Gasteiger partial charge is 0.462 e. The lowest BCUT2D eigenvalue weighted by molar-refractivity contribution is -0.161. The summed E-state index contributed by atoms with van der Waals surface area (Å²) in [6.45, 7) is 7.25. The maximum absolute atomic E-state index is 13.0. The van der Waals surface area contributed by atoms with Crippen molar-refractivity contribution >= 4 is 39.5 Å². The van der Waals surface area contributed by atoms with Crippen LogP contribution in [0, 0.1) is 5.92 Å². The molecule has 0 aromatic rings. The largest absolute Gasteiger partial charge is 0.472 e. The fourth-order valence-corrected chi connectivity index (χ4v) is 12.5. The Hall–Kier alpha value is -1.94. The zero-order valence-corrected chi connectivity index (χ0v) is 60.8. The van der Waals surface area contributed by atoms with E-state index in [2.05, 4.69) is 34.6 Å². The topological polar surface area (TPSA) is 237 Å². The third-order valence-electron chi connectivity index (χ3n) is 17.1. The first-order valence-corrected chi connectivity index (χ1v) is 40.7. The summed E-state index contributed by atoms with van der Waals surface area (Å²) in [6, 6.07) is 0. The van der Waals surface area contributed by atoms with Crippen molar-refractivity contribution in [3.63, 3.8) is 0 Å². The van der Waals surface area contributed by atoms with E-state index in [1.54, 1.807) is 0 Å². The van der Waals surface area contributed by atoms with E-state index < -0.39 is 97.5 Å². The van der Waals surface area contributed by atoms with E-state index in [0.717, 1.165) is 95.8 Å². The summed E-state index contributed by atoms with van der Waals surface area (Å²) in [4.78, 5) is 72.5. The molecule has 0 aliphatic rings. The van der Waals surface area contributed by atoms with E-state index in [1.807, 2.05) is 0 Å². The quantitative estimate of drug-likeness (QED) is 0.0222. The summed E-state index contributed by atoms with van der Waals surface area (Å²) in [7, 11) is -9.90. The van der Waals surface area contributed by atoms with Crippen molar-refractivity contribution < 1.29 is 80.2 Å². The normalized spacial score (nSPS) is 14.3. The molecule has 0 radical (unpaired) electrons. The molecule has 0 amide bonds. The van der Waals surface area contributed by atoms with Gasteiger partial charge in [0.05, 0.1) is 26.4 Å². The molecule has 0 aliphatic heterocycles. The molecule has 17 nitrogen and oxygen atoms in total. The molecule has 0 saturated carbocycles. The Morgan fingerprint density at radius 1 is 0.308 bits per heavy atom. The zero-order chi connectivity index (χ0) is 67.0. The molecule has 0 bridgehead atoms. The highest BCUT2D eigenvalue weighted by atomic mass is 31.2. The van der Waals surface area contributed by atoms with E-state index in [9.17, 15) is 43.2 Å². The van der Waals surface area contributed by atoms with Gasteiger partial charge in [0.15, 0.2) is 12.2 Å². The molecule has 0 fully saturated rings. The molecule has 3 N–H and O–H groups in total. The Kier molecular flexibility index (Phi) is 64.0. The van der Waals surface area contributed by atoms with E-state index in [1.165, 1.54) is 199 Å². The van der Waals surface area contributed by atoms with Crippen molar-refractivity contribution in [1.29, 1.82) is 0 Å². The number of carbonyl (C=O) groups excluding carboxylic acids is 4. The van der Waals surface area contributed by atoms with Crippen LogP contribution in [0.3, 0.4) is 0 Å². The minimum absolute atomic E-state index is 0.107. The van der Waals surface area contributed by atoms with Crippen LogP contribution in [0.2, 0.25) is 0 Å². The number of carbonyl (C=O) groups is 4. The van der Waals surface area contributed by atoms with Gasteiger partial charge in [-0.1, -0.05) is 324 Å². The molecule has 91 heavy (non-hydrogen) atoms. The fraction of sp³-hybridized carbons (Fsp3) is 0.944. The molecule has 0 aromatic carbocycles. The molecular formula is C72H140O17P2. The highest BCUT2D eigenvalue weighted by Crippen LogP contribution is 2.45. The number of unbranched alkanes of at least 4 members (excludes halogenated alkanes) is 43. The van der Waals surface area contributed by atoms with Gasteiger partial charge in [0.25, 0.3) is 0 Å². The Morgan fingerprint density at radius 2 is 0.527 bits per heavy atom. The van der Waals surface area contributed by atoms with Gasteiger partial charge in [-0.2, -0.15) is 0 Å². The molecular weight excluding hydrogens is 1200 g/mol. The van der Waals surface area contributed by atoms with Crippen LogP contribution in [0.25, 0.3) is 0 Å². The number of rotatable bonds is 72. The third-order valence-corrected chi connectivity index (χ3v) is 19.0. The molecule has 540 valence electrons. The average molecular weight is 1340 g/mol. The second-order valence-corrected chi connectivity index (χ2v) is 29.1. The Balaban J connectivity index is 5.20. The number of hydrogen-bond acceptors (Lipinski definition) is 15. The van der Waals surface area contributed by atoms with Crippen LogP contribution in [-0.2, 0) is 65.4 Å². The minimum Gasteiger partial charge on any atom is -0.462 e. The number of phosphoric acid groups is 2. The summed E-state index contributed by atoms with van der Waals surface area (Å²) in [5, 5.41) is 10.6. The lowest BCUT2D eigenvalue weighted by atomic mass is 9.99. The van der Waals surface area contributed by atoms with Crippen molar-refractivity contribution in [3.05, 3.63) is 0 Å². The van der Waals surface area contributed by atoms with Crippen molar-refractivity contribution in [2.24, 2.45) is 5.92 Å². The first kappa shape index (κ1) is 89.1. The summed E-state index contributed by atoms with van der Waals surface area (Å²) in [5.41, 5.74) is 0. The van der Waals surface area contributed by atoms with E-state index in [4.69, 9.17) is 37.0 Å². The summed E-state index contributed by atoms with van der Waals surface area (Å²) >= 11 is 0. The minimum atomic E-state index is -4.95. The number of esters is 4. The predicted molar refractivity (Wildman–Crippen MR) is 368 cm³/mol. The van der Waals surface area contributed by atoms with Crippen LogP contribution >= 0.6 is 15.6 Å². The molecule has 0 saturated heterocycles. The lowest BCUT2D eigenvalue weighted by Crippen LogP contribution is -2.30. The van der Waals surface area contributed by atoms with Crippen molar-refractivity contribution in [3.8, 4) is 0 Å². The van der Waals surface area contributed by atoms with Crippen LogP contribution in [0.5, 0.6) is 0 Å². The first-order valence-electron chi connectivity index (χ1n) is 37.7. The third kappa shape index (κ3) is 65.1. The van der Waals surface area contributed by atoms with Gasteiger partial charge in [-0.25, -0.2) is 9.13 Å². The van der Waals surface area contributed by atoms with Gasteiger partial charge in [0.2, 0.25) is 0 Å². The molecule has 6 atom stereocenters. The number of phosphoric ester groups is 2. The standard InChI is InChI=1S/C72H140O17P2/c1-6-10-13-16-19-22-24-25-26-27-28-29-30-31-33-36-43-48-53-58-72(77)89-68(62-83-70(75)56-51-46-41-38-37-39-44-49-54-65(5)9-4)64-87-91(80,81)85-60-66(73)59-84-90(78,79)86-63-67(61-82-69(74)55-50-45-40-34-21-18-15-12-8-3)88-71(76)57-52-47-42-35-32-23-20-17-14-11-7-2/h65-68,73H,6-64H2,1-5H3,(H,78,79)(H,80,81)/t65?,66-,67+,68+/m0/s1. The van der Waals surface area contributed by atoms with Crippen LogP contribution in [0.15, 0.2) is 0 Å². The molecule has 3 unspecified atom stereocenters. The van der Waals surface area contributed by atoms with Gasteiger partial charge in [0.1, 0.15) is 19.3 Å². The van der Waals surface area contributed by atoms with Gasteiger partial charge in [-0.05, 0) is 31.6 Å². The molecule has 0 rings (SSSR count). The Morgan fingerprint density at radius 3 is 0.780 bits per heavy atom. The highest BCUT2D eigenvalue weighted by molar-refractivity contribution is 7.47. The lowest BCUT2D eigenvalue weighted by Gasteiger charge is -2.21. The van der Waals surface area contributed by atoms with E-state index in [0.29, 0.717) is 25.7 Å². The average Bonchev–Trinajstić information content (AvgIpc) is 3.68. The molecule has 0 aliphatic carbocycles. The number of ether oxygens (including phenoxy) is 4. The second kappa shape index (κ2) is 65.4. The van der Waals surface area contributed by atoms with Gasteiger partial charge in [0, 0.05) is 25.7 Å². The molecule has 19 heteroatoms.